The molecule has 0 saturated heterocycles. The number of carbonyl (C=O) groups excluding carboxylic acids is 1. The highest BCUT2D eigenvalue weighted by Crippen LogP contribution is 2.39. The molecule has 0 saturated carbocycles. The highest BCUT2D eigenvalue weighted by atomic mass is 19.1. The second-order valence-electron chi connectivity index (χ2n) is 9.99. The molecule has 0 bridgehead atoms. The molecule has 0 spiro atoms. The van der Waals surface area contributed by atoms with Crippen LogP contribution < -0.4 is 5.32 Å². The Balaban J connectivity index is 1.55. The lowest BCUT2D eigenvalue weighted by Crippen LogP contribution is -2.38. The molecule has 2 aromatic heterocycles. The number of aryl methyl sites for hydroxylation is 3. The van der Waals surface area contributed by atoms with Crippen molar-refractivity contribution >= 4 is 11.7 Å². The van der Waals surface area contributed by atoms with Crippen LogP contribution in [0.25, 0.3) is 11.5 Å². The molecule has 1 aliphatic rings. The number of nitrogens with zero attached hydrogens (tertiary/aromatic N) is 4. The number of hydrogen-bond acceptors (Lipinski definition) is 2. The Labute approximate surface area is 227 Å². The molecule has 0 aliphatic carbocycles. The van der Waals surface area contributed by atoms with Crippen LogP contribution in [-0.2, 0) is 13.0 Å². The third-order valence-electron chi connectivity index (χ3n) is 7.35. The van der Waals surface area contributed by atoms with Crippen molar-refractivity contribution in [2.45, 2.75) is 39.8 Å². The highest BCUT2D eigenvalue weighted by Gasteiger charge is 2.36. The fourth-order valence-electron chi connectivity index (χ4n) is 5.41. The van der Waals surface area contributed by atoms with Crippen molar-refractivity contribution in [3.8, 4) is 11.5 Å². The number of halogens is 1. The number of fused-ring (bicyclic) bond motifs is 3. The Kier molecular flexibility index (Phi) is 6.27. The first-order valence-corrected chi connectivity index (χ1v) is 13.2. The van der Waals surface area contributed by atoms with Crippen LogP contribution in [0.4, 0.5) is 14.9 Å². The van der Waals surface area contributed by atoms with Crippen molar-refractivity contribution in [2.24, 2.45) is 0 Å². The second-order valence-corrected chi connectivity index (χ2v) is 9.99. The number of anilines is 1. The molecule has 196 valence electrons. The summed E-state index contributed by atoms with van der Waals surface area (Å²) in [6, 6.07) is 26.5. The summed E-state index contributed by atoms with van der Waals surface area (Å²) in [6.07, 6.45) is 2.75. The lowest BCUT2D eigenvalue weighted by atomic mass is 10.00. The van der Waals surface area contributed by atoms with E-state index >= 15 is 0 Å². The van der Waals surface area contributed by atoms with Crippen molar-refractivity contribution in [3.05, 3.63) is 131 Å². The van der Waals surface area contributed by atoms with E-state index in [0.717, 1.165) is 39.6 Å². The number of amides is 2. The summed E-state index contributed by atoms with van der Waals surface area (Å²) in [5.74, 6) is 0.569. The fraction of sp³-hybridized carbons (Fsp3) is 0.188. The molecule has 5 aromatic rings. The van der Waals surface area contributed by atoms with E-state index < -0.39 is 0 Å². The van der Waals surface area contributed by atoms with Gasteiger partial charge in [-0.1, -0.05) is 61.0 Å². The van der Waals surface area contributed by atoms with Gasteiger partial charge in [-0.15, -0.1) is 0 Å². The minimum absolute atomic E-state index is 0.306. The Morgan fingerprint density at radius 2 is 1.82 bits per heavy atom. The van der Waals surface area contributed by atoms with Gasteiger partial charge in [0, 0.05) is 17.4 Å². The van der Waals surface area contributed by atoms with Gasteiger partial charge in [0.1, 0.15) is 11.6 Å². The van der Waals surface area contributed by atoms with Crippen LogP contribution in [0.2, 0.25) is 0 Å². The third-order valence-corrected chi connectivity index (χ3v) is 7.35. The summed E-state index contributed by atoms with van der Waals surface area (Å²) in [6.45, 7) is 6.18. The van der Waals surface area contributed by atoms with Gasteiger partial charge in [0.15, 0.2) is 0 Å². The van der Waals surface area contributed by atoms with Crippen molar-refractivity contribution < 1.29 is 9.18 Å². The quantitative estimate of drug-likeness (QED) is 0.275. The van der Waals surface area contributed by atoms with Crippen LogP contribution in [0.5, 0.6) is 0 Å². The molecule has 1 unspecified atom stereocenters. The van der Waals surface area contributed by atoms with E-state index in [1.165, 1.54) is 6.07 Å². The number of carbonyl (C=O) groups is 1. The molecule has 1 N–H and O–H groups in total. The molecule has 6 rings (SSSR count). The maximum atomic E-state index is 14.4. The van der Waals surface area contributed by atoms with Crippen LogP contribution in [0, 0.1) is 19.7 Å². The number of benzene rings is 3. The van der Waals surface area contributed by atoms with Gasteiger partial charge in [0.25, 0.3) is 0 Å². The van der Waals surface area contributed by atoms with Crippen molar-refractivity contribution in [2.75, 3.05) is 5.32 Å². The average molecular weight is 520 g/mol. The molecule has 3 heterocycles. The minimum atomic E-state index is -0.378. The first-order valence-electron chi connectivity index (χ1n) is 13.2. The summed E-state index contributed by atoms with van der Waals surface area (Å²) in [4.78, 5) is 15.9. The Morgan fingerprint density at radius 1 is 1.00 bits per heavy atom. The largest absolute Gasteiger partial charge is 0.322 e. The Hall–Kier alpha value is -4.65. The van der Waals surface area contributed by atoms with Crippen LogP contribution >= 0.6 is 0 Å². The van der Waals surface area contributed by atoms with E-state index in [-0.39, 0.29) is 17.9 Å². The van der Waals surface area contributed by atoms with Gasteiger partial charge < -0.3 is 14.8 Å². The predicted molar refractivity (Wildman–Crippen MR) is 151 cm³/mol. The zero-order chi connectivity index (χ0) is 27.1. The number of hydrogen-bond donors (Lipinski definition) is 1. The van der Waals surface area contributed by atoms with Gasteiger partial charge >= 0.3 is 6.03 Å². The summed E-state index contributed by atoms with van der Waals surface area (Å²) < 4.78 is 18.5. The summed E-state index contributed by atoms with van der Waals surface area (Å²) in [5, 5.41) is 7.96. The topological polar surface area (TPSA) is 55.1 Å². The van der Waals surface area contributed by atoms with Gasteiger partial charge in [-0.2, -0.15) is 5.10 Å². The van der Waals surface area contributed by atoms with Crippen LogP contribution in [0.1, 0.15) is 46.6 Å². The molecule has 1 aliphatic heterocycles. The zero-order valence-corrected chi connectivity index (χ0v) is 22.2. The van der Waals surface area contributed by atoms with E-state index in [9.17, 15) is 9.18 Å². The smallest absolute Gasteiger partial charge is 0.308 e. The first-order chi connectivity index (χ1) is 18.9. The van der Waals surface area contributed by atoms with Crippen molar-refractivity contribution in [1.29, 1.82) is 0 Å². The molecule has 39 heavy (non-hydrogen) atoms. The maximum absolute atomic E-state index is 14.4. The monoisotopic (exact) mass is 519 g/mol. The lowest BCUT2D eigenvalue weighted by Gasteiger charge is -2.31. The molecular weight excluding hydrogens is 489 g/mol. The maximum Gasteiger partial charge on any atom is 0.322 e. The average Bonchev–Trinajstić information content (AvgIpc) is 3.52. The number of para-hydroxylation sites is 1. The van der Waals surface area contributed by atoms with E-state index in [1.54, 1.807) is 19.1 Å². The molecule has 3 aromatic carbocycles. The van der Waals surface area contributed by atoms with Crippen LogP contribution in [0.3, 0.4) is 0 Å². The number of aromatic nitrogens is 3. The Morgan fingerprint density at radius 3 is 2.56 bits per heavy atom. The second kappa shape index (κ2) is 9.91. The van der Waals surface area contributed by atoms with E-state index in [2.05, 4.69) is 48.0 Å². The van der Waals surface area contributed by atoms with Crippen molar-refractivity contribution in [1.82, 2.24) is 19.2 Å². The van der Waals surface area contributed by atoms with Crippen LogP contribution in [-0.4, -0.2) is 25.3 Å². The SMILES string of the molecule is CCc1nn(-c2ccccc2)c2c1CN(C(=O)Nc1ccc(C)c(F)c1)C(c1cccc(C)c1)c1cccn1-2. The van der Waals surface area contributed by atoms with E-state index in [4.69, 9.17) is 5.10 Å². The summed E-state index contributed by atoms with van der Waals surface area (Å²) >= 11 is 0. The number of urea groups is 1. The molecular formula is C32H30FN5O. The van der Waals surface area contributed by atoms with E-state index in [1.807, 2.05) is 58.2 Å². The molecule has 1 atom stereocenters. The van der Waals surface area contributed by atoms with Gasteiger partial charge in [-0.25, -0.2) is 13.9 Å². The zero-order valence-electron chi connectivity index (χ0n) is 22.2. The summed E-state index contributed by atoms with van der Waals surface area (Å²) in [5.41, 5.74) is 6.88. The molecule has 2 amide bonds. The highest BCUT2D eigenvalue weighted by molar-refractivity contribution is 5.90. The standard InChI is InChI=1S/C32H30FN5O/c1-4-28-26-20-37(32(39)34-24-16-15-22(3)27(33)19-24)30(23-11-8-10-21(2)18-23)29-14-9-17-36(29)31(26)38(35-28)25-12-6-5-7-13-25/h5-19,30H,4,20H2,1-3H3,(H,34,39). The summed E-state index contributed by atoms with van der Waals surface area (Å²) in [7, 11) is 0. The number of rotatable bonds is 4. The molecule has 7 heteroatoms. The third kappa shape index (κ3) is 4.40. The first kappa shape index (κ1) is 24.7. The predicted octanol–water partition coefficient (Wildman–Crippen LogP) is 7.12. The minimum Gasteiger partial charge on any atom is -0.308 e. The van der Waals surface area contributed by atoms with Gasteiger partial charge in [-0.3, -0.25) is 0 Å². The normalized spacial score (nSPS) is 14.5. The van der Waals surface area contributed by atoms with Gasteiger partial charge in [-0.05, 0) is 67.8 Å². The molecule has 0 fully saturated rings. The van der Waals surface area contributed by atoms with Crippen LogP contribution in [0.15, 0.2) is 91.1 Å². The lowest BCUT2D eigenvalue weighted by molar-refractivity contribution is 0.194. The number of nitrogens with one attached hydrogen (secondary N) is 1. The Bertz CT molecular complexity index is 1670. The van der Waals surface area contributed by atoms with Crippen molar-refractivity contribution in [3.63, 3.8) is 0 Å². The fourth-order valence-corrected chi connectivity index (χ4v) is 5.41. The molecule has 0 radical (unpaired) electrons. The molecule has 6 nitrogen and oxygen atoms in total. The van der Waals surface area contributed by atoms with Gasteiger partial charge in [0.05, 0.1) is 29.7 Å². The van der Waals surface area contributed by atoms with Gasteiger partial charge in [0.2, 0.25) is 0 Å². The van der Waals surface area contributed by atoms with E-state index in [0.29, 0.717) is 24.2 Å².